The second-order valence-corrected chi connectivity index (χ2v) is 9.41. The molecule has 6 heteroatoms. The minimum absolute atomic E-state index is 0.180. The molecule has 0 saturated carbocycles. The van der Waals surface area contributed by atoms with E-state index in [1.165, 1.54) is 34.4 Å². The van der Waals surface area contributed by atoms with Gasteiger partial charge in [0.2, 0.25) is 0 Å². The smallest absolute Gasteiger partial charge is 0.146 e. The van der Waals surface area contributed by atoms with Gasteiger partial charge in [-0.2, -0.15) is 10.5 Å². The first-order valence-electron chi connectivity index (χ1n) is 6.40. The van der Waals surface area contributed by atoms with Crippen molar-refractivity contribution in [2.75, 3.05) is 0 Å². The molecule has 108 valence electrons. The third kappa shape index (κ3) is 2.88. The second-order valence-electron chi connectivity index (χ2n) is 4.53. The third-order valence-electron chi connectivity index (χ3n) is 3.11. The van der Waals surface area contributed by atoms with E-state index in [4.69, 9.17) is 10.5 Å². The predicted octanol–water partition coefficient (Wildman–Crippen LogP) is 4.09. The van der Waals surface area contributed by atoms with E-state index in [1.807, 2.05) is 47.8 Å². The molecule has 0 aromatic carbocycles. The van der Waals surface area contributed by atoms with Gasteiger partial charge in [0.05, 0.1) is 8.77 Å². The molecule has 0 saturated heterocycles. The number of nitrogens with zero attached hydrogens (tertiary/aromatic N) is 2. The fourth-order valence-corrected chi connectivity index (χ4v) is 6.59. The zero-order valence-corrected chi connectivity index (χ0v) is 15.1. The molecule has 0 atom stereocenters. The van der Waals surface area contributed by atoms with E-state index in [9.17, 15) is 0 Å². The van der Waals surface area contributed by atoms with Crippen LogP contribution in [0.4, 0.5) is 0 Å². The monoisotopic (exact) mass is 358 g/mol. The van der Waals surface area contributed by atoms with E-state index in [0.29, 0.717) is 0 Å². The lowest BCUT2D eigenvalue weighted by Crippen LogP contribution is -1.93. The van der Waals surface area contributed by atoms with E-state index < -0.39 is 0 Å². The molecule has 0 fully saturated rings. The minimum Gasteiger partial charge on any atom is -0.192 e. The SMILES string of the molecule is CC1=C(C)SC(=c2cc/c(=c3/ccc(=C(C#N)C#N)s3)s2)S1. The van der Waals surface area contributed by atoms with E-state index in [2.05, 4.69) is 26.0 Å². The Bertz CT molecular complexity index is 1040. The van der Waals surface area contributed by atoms with Crippen LogP contribution in [0.3, 0.4) is 0 Å². The Kier molecular flexibility index (Phi) is 4.46. The maximum atomic E-state index is 8.94. The molecule has 3 heterocycles. The summed E-state index contributed by atoms with van der Waals surface area (Å²) >= 11 is 6.92. The number of hydrogen-bond donors (Lipinski definition) is 0. The van der Waals surface area contributed by atoms with Gasteiger partial charge in [-0.25, -0.2) is 0 Å². The van der Waals surface area contributed by atoms with Gasteiger partial charge in [0.15, 0.2) is 0 Å². The molecule has 0 spiro atoms. The fraction of sp³-hybridized carbons (Fsp3) is 0.125. The Morgan fingerprint density at radius 2 is 1.36 bits per heavy atom. The summed E-state index contributed by atoms with van der Waals surface area (Å²) in [7, 11) is 0. The second kappa shape index (κ2) is 6.36. The van der Waals surface area contributed by atoms with Crippen molar-refractivity contribution in [1.29, 1.82) is 10.5 Å². The molecular weight excluding hydrogens is 348 g/mol. The van der Waals surface area contributed by atoms with Gasteiger partial charge in [0.1, 0.15) is 17.7 Å². The quantitative estimate of drug-likeness (QED) is 0.711. The molecule has 1 aliphatic rings. The molecule has 0 unspecified atom stereocenters. The number of hydrogen-bond acceptors (Lipinski definition) is 6. The Morgan fingerprint density at radius 3 is 2.00 bits per heavy atom. The Balaban J connectivity index is 2.18. The highest BCUT2D eigenvalue weighted by atomic mass is 32.2. The lowest BCUT2D eigenvalue weighted by atomic mass is 10.3. The third-order valence-corrected chi connectivity index (χ3v) is 8.44. The first-order valence-corrected chi connectivity index (χ1v) is 9.67. The standard InChI is InChI=1S/C16H10N2S4/c1-9-10(2)20-16(19-9)15-6-5-14(22-15)13-4-3-12(21-13)11(7-17)8-18/h3-6H,1-2H3/b14-13+. The summed E-state index contributed by atoms with van der Waals surface area (Å²) in [6.07, 6.45) is 0. The summed E-state index contributed by atoms with van der Waals surface area (Å²) in [5.74, 6) is 0. The maximum Gasteiger partial charge on any atom is 0.146 e. The first kappa shape index (κ1) is 15.5. The van der Waals surface area contributed by atoms with Crippen molar-refractivity contribution in [1.82, 2.24) is 0 Å². The fourth-order valence-electron chi connectivity index (χ4n) is 1.86. The van der Waals surface area contributed by atoms with E-state index >= 15 is 0 Å². The highest BCUT2D eigenvalue weighted by Crippen LogP contribution is 2.49. The average Bonchev–Trinajstić information content (AvgIpc) is 3.21. The van der Waals surface area contributed by atoms with Crippen molar-refractivity contribution < 1.29 is 0 Å². The van der Waals surface area contributed by atoms with E-state index in [0.717, 1.165) is 9.06 Å². The Hall–Kier alpha value is -1.44. The van der Waals surface area contributed by atoms with Gasteiger partial charge in [-0.15, -0.1) is 22.7 Å². The highest BCUT2D eigenvalue weighted by Gasteiger charge is 2.15. The van der Waals surface area contributed by atoms with Crippen LogP contribution in [0, 0.1) is 31.7 Å². The molecular formula is C16H10N2S4. The molecule has 2 nitrogen and oxygen atoms in total. The number of rotatable bonds is 0. The van der Waals surface area contributed by atoms with Gasteiger partial charge >= 0.3 is 0 Å². The molecule has 2 aromatic heterocycles. The number of allylic oxidation sites excluding steroid dienone is 2. The molecule has 2 aromatic rings. The van der Waals surface area contributed by atoms with Gasteiger partial charge in [-0.05, 0) is 47.9 Å². The molecule has 0 bridgehead atoms. The lowest BCUT2D eigenvalue weighted by molar-refractivity contribution is 1.51. The van der Waals surface area contributed by atoms with Crippen LogP contribution in [0.5, 0.6) is 0 Å². The van der Waals surface area contributed by atoms with Crippen molar-refractivity contribution in [3.05, 3.63) is 52.2 Å². The van der Waals surface area contributed by atoms with Gasteiger partial charge < -0.3 is 0 Å². The Labute approximate surface area is 144 Å². The van der Waals surface area contributed by atoms with Crippen LogP contribution in [0.2, 0.25) is 0 Å². The molecule has 1 aliphatic heterocycles. The van der Waals surface area contributed by atoms with E-state index in [-0.39, 0.29) is 5.57 Å². The van der Waals surface area contributed by atoms with Crippen LogP contribution in [-0.4, -0.2) is 0 Å². The van der Waals surface area contributed by atoms with Crippen LogP contribution in [-0.2, 0) is 0 Å². The summed E-state index contributed by atoms with van der Waals surface area (Å²) in [5, 5.41) is 17.9. The van der Waals surface area contributed by atoms with Crippen molar-refractivity contribution in [3.8, 4) is 12.1 Å². The molecule has 0 aliphatic carbocycles. The minimum atomic E-state index is 0.180. The van der Waals surface area contributed by atoms with Gasteiger partial charge in [0, 0.05) is 13.6 Å². The molecule has 0 radical (unpaired) electrons. The number of thiophene rings is 2. The van der Waals surface area contributed by atoms with Crippen LogP contribution < -0.4 is 9.06 Å². The number of thioether (sulfide) groups is 2. The summed E-state index contributed by atoms with van der Waals surface area (Å²) in [6.45, 7) is 4.31. The Morgan fingerprint density at radius 1 is 0.818 bits per heavy atom. The highest BCUT2D eigenvalue weighted by molar-refractivity contribution is 8.35. The van der Waals surface area contributed by atoms with Crippen LogP contribution in [0.25, 0.3) is 9.81 Å². The summed E-state index contributed by atoms with van der Waals surface area (Å²) < 4.78 is 5.63. The topological polar surface area (TPSA) is 47.6 Å². The molecule has 0 amide bonds. The van der Waals surface area contributed by atoms with E-state index in [1.54, 1.807) is 11.3 Å². The van der Waals surface area contributed by atoms with Crippen molar-refractivity contribution in [2.24, 2.45) is 0 Å². The molecule has 0 N–H and O–H groups in total. The molecule has 3 rings (SSSR count). The van der Waals surface area contributed by atoms with Gasteiger partial charge in [-0.3, -0.25) is 0 Å². The summed E-state index contributed by atoms with van der Waals surface area (Å²) in [4.78, 5) is 2.74. The largest absolute Gasteiger partial charge is 0.192 e. The normalized spacial score (nSPS) is 15.7. The summed E-state index contributed by atoms with van der Waals surface area (Å²) in [6, 6.07) is 12.0. The van der Waals surface area contributed by atoms with Crippen LogP contribution >= 0.6 is 46.2 Å². The van der Waals surface area contributed by atoms with Crippen molar-refractivity contribution in [3.63, 3.8) is 0 Å². The van der Waals surface area contributed by atoms with Crippen LogP contribution in [0.1, 0.15) is 13.8 Å². The first-order chi connectivity index (χ1) is 10.6. The summed E-state index contributed by atoms with van der Waals surface area (Å²) in [5.41, 5.74) is 0.180. The average molecular weight is 359 g/mol. The van der Waals surface area contributed by atoms with Crippen molar-refractivity contribution in [2.45, 2.75) is 13.8 Å². The zero-order chi connectivity index (χ0) is 15.7. The predicted molar refractivity (Wildman–Crippen MR) is 97.2 cm³/mol. The zero-order valence-electron chi connectivity index (χ0n) is 11.8. The molecule has 22 heavy (non-hydrogen) atoms. The number of nitriles is 2. The van der Waals surface area contributed by atoms with Gasteiger partial charge in [0.25, 0.3) is 0 Å². The van der Waals surface area contributed by atoms with Crippen molar-refractivity contribution >= 4 is 56.0 Å². The van der Waals surface area contributed by atoms with Gasteiger partial charge in [-0.1, -0.05) is 23.5 Å². The lowest BCUT2D eigenvalue weighted by Gasteiger charge is -1.90. The van der Waals surface area contributed by atoms with Crippen LogP contribution in [0.15, 0.2) is 34.1 Å². The maximum absolute atomic E-state index is 8.94.